The number of pyridine rings is 1. The molecule has 0 aliphatic rings. The predicted molar refractivity (Wildman–Crippen MR) is 176 cm³/mol. The minimum atomic E-state index is 0.651. The van der Waals surface area contributed by atoms with Gasteiger partial charge in [0.05, 0.1) is 11.1 Å². The Morgan fingerprint density at radius 2 is 1.23 bits per heavy atom. The van der Waals surface area contributed by atoms with Crippen LogP contribution in [0.4, 0.5) is 17.1 Å². The molecule has 0 aliphatic carbocycles. The van der Waals surface area contributed by atoms with Crippen LogP contribution in [0.5, 0.6) is 0 Å². The highest BCUT2D eigenvalue weighted by molar-refractivity contribution is 6.16. The number of anilines is 3. The molecule has 0 unspecified atom stereocenters. The number of hydrogen-bond donors (Lipinski definition) is 0. The largest absolute Gasteiger partial charge is 0.456 e. The van der Waals surface area contributed by atoms with Gasteiger partial charge in [0.1, 0.15) is 16.7 Å². The Labute approximate surface area is 247 Å². The zero-order valence-corrected chi connectivity index (χ0v) is 23.1. The molecule has 9 rings (SSSR count). The summed E-state index contributed by atoms with van der Waals surface area (Å²) in [6.07, 6.45) is 1.77. The summed E-state index contributed by atoms with van der Waals surface area (Å²) in [5, 5.41) is 6.41. The van der Waals surface area contributed by atoms with Crippen molar-refractivity contribution in [2.45, 2.75) is 0 Å². The van der Waals surface area contributed by atoms with E-state index in [1.165, 1.54) is 11.1 Å². The third-order valence-corrected chi connectivity index (χ3v) is 8.33. The van der Waals surface area contributed by atoms with E-state index in [1.54, 1.807) is 6.20 Å². The Hall–Kier alpha value is -5.87. The molecule has 0 spiro atoms. The molecule has 0 amide bonds. The first-order chi connectivity index (χ1) is 21.3. The van der Waals surface area contributed by atoms with E-state index in [4.69, 9.17) is 8.83 Å². The van der Waals surface area contributed by atoms with Crippen molar-refractivity contribution in [2.75, 3.05) is 4.90 Å². The van der Waals surface area contributed by atoms with Gasteiger partial charge < -0.3 is 13.7 Å². The van der Waals surface area contributed by atoms with Gasteiger partial charge in [-0.3, -0.25) is 0 Å². The van der Waals surface area contributed by atoms with Crippen molar-refractivity contribution in [3.63, 3.8) is 0 Å². The van der Waals surface area contributed by atoms with E-state index in [0.29, 0.717) is 5.71 Å². The third-order valence-electron chi connectivity index (χ3n) is 8.33. The number of aromatic nitrogens is 1. The fourth-order valence-electron chi connectivity index (χ4n) is 6.32. The molecule has 0 saturated heterocycles. The van der Waals surface area contributed by atoms with Crippen molar-refractivity contribution in [3.8, 4) is 11.1 Å². The minimum Gasteiger partial charge on any atom is -0.456 e. The number of hydrogen-bond acceptors (Lipinski definition) is 4. The molecule has 4 heteroatoms. The van der Waals surface area contributed by atoms with E-state index in [2.05, 4.69) is 119 Å². The maximum Gasteiger partial charge on any atom is 0.227 e. The van der Waals surface area contributed by atoms with Crippen LogP contribution in [-0.4, -0.2) is 4.98 Å². The average molecular weight is 553 g/mol. The van der Waals surface area contributed by atoms with Gasteiger partial charge in [0, 0.05) is 39.1 Å². The van der Waals surface area contributed by atoms with Crippen molar-refractivity contribution in [3.05, 3.63) is 146 Å². The summed E-state index contributed by atoms with van der Waals surface area (Å²) >= 11 is 0. The van der Waals surface area contributed by atoms with Crippen LogP contribution in [0, 0.1) is 0 Å². The van der Waals surface area contributed by atoms with E-state index in [-0.39, 0.29) is 0 Å². The monoisotopic (exact) mass is 552 g/mol. The lowest BCUT2D eigenvalue weighted by Crippen LogP contribution is -2.10. The van der Waals surface area contributed by atoms with Crippen LogP contribution in [0.1, 0.15) is 0 Å². The fourth-order valence-corrected chi connectivity index (χ4v) is 6.32. The molecule has 0 atom stereocenters. The lowest BCUT2D eigenvalue weighted by atomic mass is 10.0. The number of fused-ring (bicyclic) bond motifs is 8. The van der Waals surface area contributed by atoms with Gasteiger partial charge in [-0.25, -0.2) is 4.98 Å². The molecule has 0 radical (unpaired) electrons. The van der Waals surface area contributed by atoms with Gasteiger partial charge in [-0.2, -0.15) is 0 Å². The molecule has 0 fully saturated rings. The van der Waals surface area contributed by atoms with Gasteiger partial charge in [0.2, 0.25) is 5.71 Å². The summed E-state index contributed by atoms with van der Waals surface area (Å²) in [7, 11) is 0. The highest BCUT2D eigenvalue weighted by Gasteiger charge is 2.20. The van der Waals surface area contributed by atoms with Crippen molar-refractivity contribution < 1.29 is 8.83 Å². The second kappa shape index (κ2) is 9.33. The van der Waals surface area contributed by atoms with Crippen LogP contribution in [0.25, 0.3) is 65.9 Å². The summed E-state index contributed by atoms with van der Waals surface area (Å²) in [5.74, 6) is 0. The average Bonchev–Trinajstić information content (AvgIpc) is 3.65. The first-order valence-corrected chi connectivity index (χ1v) is 14.4. The molecule has 0 saturated carbocycles. The zero-order valence-electron chi connectivity index (χ0n) is 23.1. The Bertz CT molecular complexity index is 2450. The highest BCUT2D eigenvalue weighted by Crippen LogP contribution is 2.44. The van der Waals surface area contributed by atoms with Crippen LogP contribution in [0.3, 0.4) is 0 Å². The van der Waals surface area contributed by atoms with E-state index in [0.717, 1.165) is 66.1 Å². The molecule has 0 N–H and O–H groups in total. The summed E-state index contributed by atoms with van der Waals surface area (Å²) in [4.78, 5) is 6.80. The number of furan rings is 2. The normalized spacial score (nSPS) is 11.7. The van der Waals surface area contributed by atoms with Gasteiger partial charge in [-0.15, -0.1) is 0 Å². The van der Waals surface area contributed by atoms with Gasteiger partial charge in [0.25, 0.3) is 0 Å². The molecule has 9 aromatic rings. The van der Waals surface area contributed by atoms with Crippen molar-refractivity contribution >= 4 is 71.8 Å². The van der Waals surface area contributed by atoms with Crippen molar-refractivity contribution in [1.82, 2.24) is 4.98 Å². The first-order valence-electron chi connectivity index (χ1n) is 14.4. The van der Waals surface area contributed by atoms with Crippen LogP contribution in [0.2, 0.25) is 0 Å². The molecule has 3 heterocycles. The number of rotatable bonds is 4. The van der Waals surface area contributed by atoms with Crippen molar-refractivity contribution in [1.29, 1.82) is 0 Å². The lowest BCUT2D eigenvalue weighted by Gasteiger charge is -2.27. The van der Waals surface area contributed by atoms with E-state index < -0.39 is 0 Å². The zero-order chi connectivity index (χ0) is 28.3. The molecule has 4 nitrogen and oxygen atoms in total. The standard InChI is InChI=1S/C39H24N2O2/c1-2-8-25(9-3-1)26-15-19-28(20-16-26)41(34-12-6-14-36-37(34)32-10-4-5-13-35(32)42-36)29-21-17-27-18-22-30-31-11-7-23-40-39(31)43-38(30)33(27)24-29/h1-24H. The summed E-state index contributed by atoms with van der Waals surface area (Å²) in [6, 6.07) is 48.6. The Balaban J connectivity index is 1.31. The van der Waals surface area contributed by atoms with Gasteiger partial charge >= 0.3 is 0 Å². The highest BCUT2D eigenvalue weighted by atomic mass is 16.3. The van der Waals surface area contributed by atoms with Gasteiger partial charge in [-0.1, -0.05) is 78.9 Å². The Kier molecular flexibility index (Phi) is 5.16. The van der Waals surface area contributed by atoms with Gasteiger partial charge in [0.15, 0.2) is 0 Å². The van der Waals surface area contributed by atoms with Crippen LogP contribution >= 0.6 is 0 Å². The number of para-hydroxylation sites is 1. The molecular formula is C39H24N2O2. The van der Waals surface area contributed by atoms with E-state index in [1.807, 2.05) is 30.3 Å². The van der Waals surface area contributed by atoms with Crippen LogP contribution < -0.4 is 4.90 Å². The molecule has 43 heavy (non-hydrogen) atoms. The summed E-state index contributed by atoms with van der Waals surface area (Å²) in [6.45, 7) is 0. The quantitative estimate of drug-likeness (QED) is 0.218. The van der Waals surface area contributed by atoms with E-state index >= 15 is 0 Å². The molecule has 6 aromatic carbocycles. The second-order valence-electron chi connectivity index (χ2n) is 10.8. The molecule has 0 bridgehead atoms. The predicted octanol–water partition coefficient (Wildman–Crippen LogP) is 11.2. The van der Waals surface area contributed by atoms with Crippen LogP contribution in [-0.2, 0) is 0 Å². The molecule has 0 aliphatic heterocycles. The number of benzene rings is 6. The van der Waals surface area contributed by atoms with Crippen LogP contribution in [0.15, 0.2) is 155 Å². The van der Waals surface area contributed by atoms with E-state index in [9.17, 15) is 0 Å². The topological polar surface area (TPSA) is 42.4 Å². The fraction of sp³-hybridized carbons (Fsp3) is 0. The smallest absolute Gasteiger partial charge is 0.227 e. The maximum absolute atomic E-state index is 6.35. The third kappa shape index (κ3) is 3.74. The SMILES string of the molecule is c1ccc(-c2ccc(N(c3ccc4ccc5c6cccnc6oc5c4c3)c3cccc4oc5ccccc5c34)cc2)cc1. The first kappa shape index (κ1) is 23.8. The van der Waals surface area contributed by atoms with Gasteiger partial charge in [-0.05, 0) is 77.2 Å². The second-order valence-corrected chi connectivity index (χ2v) is 10.8. The number of nitrogens with zero attached hydrogens (tertiary/aromatic N) is 2. The Morgan fingerprint density at radius 1 is 0.488 bits per heavy atom. The lowest BCUT2D eigenvalue weighted by molar-refractivity contribution is 0.657. The summed E-state index contributed by atoms with van der Waals surface area (Å²) in [5.41, 5.74) is 8.72. The maximum atomic E-state index is 6.35. The summed E-state index contributed by atoms with van der Waals surface area (Å²) < 4.78 is 12.7. The van der Waals surface area contributed by atoms with Crippen molar-refractivity contribution in [2.24, 2.45) is 0 Å². The molecule has 3 aromatic heterocycles. The minimum absolute atomic E-state index is 0.651. The molecule has 202 valence electrons. The molecular weight excluding hydrogens is 528 g/mol. The Morgan fingerprint density at radius 3 is 2.14 bits per heavy atom.